The zero-order valence-electron chi connectivity index (χ0n) is 11.8. The van der Waals surface area contributed by atoms with Crippen LogP contribution in [0.3, 0.4) is 0 Å². The monoisotopic (exact) mass is 281 g/mol. The van der Waals surface area contributed by atoms with Crippen molar-refractivity contribution < 1.29 is 14.5 Å². The van der Waals surface area contributed by atoms with Crippen LogP contribution >= 0.6 is 0 Å². The smallest absolute Gasteiger partial charge is 0.270 e. The van der Waals surface area contributed by atoms with Crippen LogP contribution in [0.2, 0.25) is 0 Å². The Hall–Kier alpha value is -2.15. The van der Waals surface area contributed by atoms with Gasteiger partial charge in [-0.05, 0) is 19.9 Å². The summed E-state index contributed by atoms with van der Waals surface area (Å²) in [6.45, 7) is 3.77. The standard InChI is InChI=1S/C13H19N3O4/c1-9(2)15(3)13(17)8-20-12-5-4-11(16(18)19)6-10(12)7-14/h4-6,9H,7-8,14H2,1-3H3. The number of nitro benzene ring substituents is 1. The van der Waals surface area contributed by atoms with Crippen LogP contribution in [0.25, 0.3) is 0 Å². The molecule has 0 bridgehead atoms. The van der Waals surface area contributed by atoms with E-state index in [9.17, 15) is 14.9 Å². The molecule has 1 rings (SSSR count). The Morgan fingerprint density at radius 1 is 1.50 bits per heavy atom. The lowest BCUT2D eigenvalue weighted by molar-refractivity contribution is -0.384. The van der Waals surface area contributed by atoms with Crippen molar-refractivity contribution in [2.45, 2.75) is 26.4 Å². The van der Waals surface area contributed by atoms with E-state index in [0.717, 1.165) is 0 Å². The van der Waals surface area contributed by atoms with E-state index >= 15 is 0 Å². The molecule has 0 unspecified atom stereocenters. The molecule has 0 atom stereocenters. The average molecular weight is 281 g/mol. The number of carbonyl (C=O) groups is 1. The molecule has 110 valence electrons. The van der Waals surface area contributed by atoms with Crippen LogP contribution in [0.4, 0.5) is 5.69 Å². The molecule has 0 aliphatic carbocycles. The second-order valence-electron chi connectivity index (χ2n) is 4.64. The van der Waals surface area contributed by atoms with Gasteiger partial charge in [0.1, 0.15) is 5.75 Å². The van der Waals surface area contributed by atoms with E-state index in [-0.39, 0.29) is 30.8 Å². The first-order valence-corrected chi connectivity index (χ1v) is 6.22. The highest BCUT2D eigenvalue weighted by molar-refractivity contribution is 5.77. The number of rotatable bonds is 6. The third-order valence-electron chi connectivity index (χ3n) is 2.99. The maximum absolute atomic E-state index is 11.8. The first-order chi connectivity index (χ1) is 9.36. The van der Waals surface area contributed by atoms with Crippen molar-refractivity contribution in [3.63, 3.8) is 0 Å². The van der Waals surface area contributed by atoms with Crippen molar-refractivity contribution in [2.24, 2.45) is 5.73 Å². The van der Waals surface area contributed by atoms with Crippen molar-refractivity contribution >= 4 is 11.6 Å². The number of nitro groups is 1. The van der Waals surface area contributed by atoms with Crippen molar-refractivity contribution in [1.82, 2.24) is 4.90 Å². The van der Waals surface area contributed by atoms with Crippen LogP contribution < -0.4 is 10.5 Å². The molecule has 0 heterocycles. The molecule has 1 aromatic carbocycles. The fraction of sp³-hybridized carbons (Fsp3) is 0.462. The number of non-ortho nitro benzene ring substituents is 1. The van der Waals surface area contributed by atoms with Gasteiger partial charge in [0.25, 0.3) is 11.6 Å². The molecule has 1 aromatic rings. The normalized spacial score (nSPS) is 10.4. The van der Waals surface area contributed by atoms with Gasteiger partial charge in [-0.1, -0.05) is 0 Å². The molecular formula is C13H19N3O4. The number of hydrogen-bond acceptors (Lipinski definition) is 5. The van der Waals surface area contributed by atoms with Crippen LogP contribution in [-0.2, 0) is 11.3 Å². The lowest BCUT2D eigenvalue weighted by atomic mass is 10.2. The quantitative estimate of drug-likeness (QED) is 0.626. The summed E-state index contributed by atoms with van der Waals surface area (Å²) in [5, 5.41) is 10.7. The number of carbonyl (C=O) groups excluding carboxylic acids is 1. The molecule has 0 aromatic heterocycles. The number of benzene rings is 1. The number of amides is 1. The summed E-state index contributed by atoms with van der Waals surface area (Å²) in [6.07, 6.45) is 0. The minimum atomic E-state index is -0.499. The Morgan fingerprint density at radius 3 is 2.65 bits per heavy atom. The maximum atomic E-state index is 11.8. The van der Waals surface area contributed by atoms with Gasteiger partial charge < -0.3 is 15.4 Å². The molecule has 0 fully saturated rings. The van der Waals surface area contributed by atoms with Gasteiger partial charge in [-0.15, -0.1) is 0 Å². The number of hydrogen-bond donors (Lipinski definition) is 1. The second-order valence-corrected chi connectivity index (χ2v) is 4.64. The number of nitrogens with zero attached hydrogens (tertiary/aromatic N) is 2. The average Bonchev–Trinajstić information content (AvgIpc) is 2.43. The summed E-state index contributed by atoms with van der Waals surface area (Å²) in [5.74, 6) is 0.227. The Balaban J connectivity index is 2.78. The predicted molar refractivity (Wildman–Crippen MR) is 74.4 cm³/mol. The molecule has 0 saturated carbocycles. The van der Waals surface area contributed by atoms with Gasteiger partial charge in [0.05, 0.1) is 4.92 Å². The van der Waals surface area contributed by atoms with Gasteiger partial charge >= 0.3 is 0 Å². The van der Waals surface area contributed by atoms with E-state index in [4.69, 9.17) is 10.5 Å². The Bertz CT molecular complexity index is 502. The van der Waals surface area contributed by atoms with Crippen LogP contribution in [0.15, 0.2) is 18.2 Å². The fourth-order valence-electron chi connectivity index (χ4n) is 1.51. The minimum absolute atomic E-state index is 0.0524. The first kappa shape index (κ1) is 15.9. The minimum Gasteiger partial charge on any atom is -0.483 e. The van der Waals surface area contributed by atoms with Gasteiger partial charge in [-0.2, -0.15) is 0 Å². The highest BCUT2D eigenvalue weighted by Gasteiger charge is 2.15. The molecule has 0 spiro atoms. The number of likely N-dealkylation sites (N-methyl/N-ethyl adjacent to an activating group) is 1. The van der Waals surface area contributed by atoms with Gasteiger partial charge in [-0.3, -0.25) is 14.9 Å². The highest BCUT2D eigenvalue weighted by Crippen LogP contribution is 2.23. The van der Waals surface area contributed by atoms with Gasteiger partial charge in [0.15, 0.2) is 6.61 Å². The van der Waals surface area contributed by atoms with E-state index in [1.807, 2.05) is 13.8 Å². The molecule has 0 radical (unpaired) electrons. The predicted octanol–water partition coefficient (Wildman–Crippen LogP) is 1.30. The van der Waals surface area contributed by atoms with Crippen molar-refractivity contribution in [3.05, 3.63) is 33.9 Å². The van der Waals surface area contributed by atoms with Gasteiger partial charge in [-0.25, -0.2) is 0 Å². The summed E-state index contributed by atoms with van der Waals surface area (Å²) in [6, 6.07) is 4.22. The molecule has 7 heteroatoms. The molecule has 1 amide bonds. The zero-order valence-corrected chi connectivity index (χ0v) is 11.8. The van der Waals surface area contributed by atoms with E-state index in [2.05, 4.69) is 0 Å². The molecule has 20 heavy (non-hydrogen) atoms. The summed E-state index contributed by atoms with van der Waals surface area (Å²) in [5.41, 5.74) is 5.98. The third-order valence-corrected chi connectivity index (χ3v) is 2.99. The molecule has 0 saturated heterocycles. The fourth-order valence-corrected chi connectivity index (χ4v) is 1.51. The van der Waals surface area contributed by atoms with Crippen LogP contribution in [0.5, 0.6) is 5.75 Å². The second kappa shape index (κ2) is 6.85. The third kappa shape index (κ3) is 3.92. The van der Waals surface area contributed by atoms with E-state index in [0.29, 0.717) is 11.3 Å². The van der Waals surface area contributed by atoms with E-state index < -0.39 is 4.92 Å². The summed E-state index contributed by atoms with van der Waals surface area (Å²) in [4.78, 5) is 23.5. The Kier molecular flexibility index (Phi) is 5.45. The van der Waals surface area contributed by atoms with E-state index in [1.165, 1.54) is 18.2 Å². The van der Waals surface area contributed by atoms with Crippen LogP contribution in [0.1, 0.15) is 19.4 Å². The molecular weight excluding hydrogens is 262 g/mol. The largest absolute Gasteiger partial charge is 0.483 e. The first-order valence-electron chi connectivity index (χ1n) is 6.22. The lowest BCUT2D eigenvalue weighted by Crippen LogP contribution is -2.36. The highest BCUT2D eigenvalue weighted by atomic mass is 16.6. The van der Waals surface area contributed by atoms with Crippen LogP contribution in [0, 0.1) is 10.1 Å². The van der Waals surface area contributed by atoms with Gasteiger partial charge in [0.2, 0.25) is 0 Å². The SMILES string of the molecule is CC(C)N(C)C(=O)COc1ccc([N+](=O)[O-])cc1CN. The Morgan fingerprint density at radius 2 is 2.15 bits per heavy atom. The zero-order chi connectivity index (χ0) is 15.3. The number of ether oxygens (including phenoxy) is 1. The van der Waals surface area contributed by atoms with Gasteiger partial charge in [0, 0.05) is 37.3 Å². The van der Waals surface area contributed by atoms with Crippen molar-refractivity contribution in [1.29, 1.82) is 0 Å². The Labute approximate surface area is 117 Å². The molecule has 0 aliphatic heterocycles. The van der Waals surface area contributed by atoms with Crippen molar-refractivity contribution in [2.75, 3.05) is 13.7 Å². The lowest BCUT2D eigenvalue weighted by Gasteiger charge is -2.21. The molecule has 2 N–H and O–H groups in total. The molecule has 7 nitrogen and oxygen atoms in total. The summed E-state index contributed by atoms with van der Waals surface area (Å²) < 4.78 is 5.40. The topological polar surface area (TPSA) is 98.7 Å². The van der Waals surface area contributed by atoms with E-state index in [1.54, 1.807) is 11.9 Å². The van der Waals surface area contributed by atoms with Crippen LogP contribution in [-0.4, -0.2) is 35.4 Å². The summed E-state index contributed by atoms with van der Waals surface area (Å²) in [7, 11) is 1.69. The van der Waals surface area contributed by atoms with Crippen molar-refractivity contribution in [3.8, 4) is 5.75 Å². The maximum Gasteiger partial charge on any atom is 0.270 e. The molecule has 0 aliphatic rings. The number of nitrogens with two attached hydrogens (primary N) is 1. The summed E-state index contributed by atoms with van der Waals surface area (Å²) >= 11 is 0.